The second-order valence-electron chi connectivity index (χ2n) is 10.6. The fourth-order valence-electron chi connectivity index (χ4n) is 5.89. The molecule has 4 aromatic rings. The van der Waals surface area contributed by atoms with E-state index in [1.165, 1.54) is 37.8 Å². The number of aryl methyl sites for hydroxylation is 1. The topological polar surface area (TPSA) is 70.9 Å². The zero-order valence-electron chi connectivity index (χ0n) is 22.1. The van der Waals surface area contributed by atoms with E-state index >= 15 is 0 Å². The van der Waals surface area contributed by atoms with Crippen molar-refractivity contribution >= 4 is 11.6 Å². The Morgan fingerprint density at radius 1 is 0.816 bits per heavy atom. The first-order chi connectivity index (χ1) is 18.7. The van der Waals surface area contributed by atoms with Crippen LogP contribution in [0.5, 0.6) is 0 Å². The number of hydrogen-bond acceptors (Lipinski definition) is 6. The van der Waals surface area contributed by atoms with Crippen molar-refractivity contribution in [2.45, 2.75) is 63.6 Å². The van der Waals surface area contributed by atoms with Gasteiger partial charge in [-0.25, -0.2) is 14.6 Å². The van der Waals surface area contributed by atoms with Crippen molar-refractivity contribution in [3.05, 3.63) is 84.8 Å². The highest BCUT2D eigenvalue weighted by Gasteiger charge is 2.29. The van der Waals surface area contributed by atoms with Gasteiger partial charge in [0.25, 0.3) is 0 Å². The molecule has 3 atom stereocenters. The Bertz CT molecular complexity index is 1320. The summed E-state index contributed by atoms with van der Waals surface area (Å²) >= 11 is 0. The van der Waals surface area contributed by atoms with Gasteiger partial charge in [-0.05, 0) is 69.0 Å². The third kappa shape index (κ3) is 5.73. The van der Waals surface area contributed by atoms with Crippen molar-refractivity contribution in [2.75, 3.05) is 23.3 Å². The second kappa shape index (κ2) is 11.4. The van der Waals surface area contributed by atoms with Gasteiger partial charge in [0.05, 0.1) is 17.1 Å². The average molecular weight is 508 g/mol. The first-order valence-electron chi connectivity index (χ1n) is 14.0. The molecule has 2 N–H and O–H groups in total. The van der Waals surface area contributed by atoms with Gasteiger partial charge in [0, 0.05) is 54.9 Å². The average Bonchev–Trinajstić information content (AvgIpc) is 3.41. The third-order valence-electron chi connectivity index (χ3n) is 7.88. The minimum atomic E-state index is 0.335. The van der Waals surface area contributed by atoms with E-state index in [0.717, 1.165) is 48.1 Å². The highest BCUT2D eigenvalue weighted by Crippen LogP contribution is 2.26. The Morgan fingerprint density at radius 3 is 2.39 bits per heavy atom. The molecular formula is C31H37N7. The molecule has 38 heavy (non-hydrogen) atoms. The molecule has 2 aromatic carbocycles. The van der Waals surface area contributed by atoms with Crippen LogP contribution >= 0.6 is 0 Å². The zero-order valence-corrected chi connectivity index (χ0v) is 22.1. The third-order valence-corrected chi connectivity index (χ3v) is 7.88. The summed E-state index contributed by atoms with van der Waals surface area (Å²) < 4.78 is 1.94. The molecule has 1 aliphatic carbocycles. The fraction of sp³-hybridized carbons (Fsp3) is 0.387. The maximum absolute atomic E-state index is 4.84. The van der Waals surface area contributed by atoms with Crippen LogP contribution in [0.25, 0.3) is 16.9 Å². The van der Waals surface area contributed by atoms with Gasteiger partial charge in [-0.3, -0.25) is 0 Å². The first kappa shape index (κ1) is 24.6. The highest BCUT2D eigenvalue weighted by atomic mass is 15.3. The van der Waals surface area contributed by atoms with Gasteiger partial charge in [0.2, 0.25) is 5.95 Å². The summed E-state index contributed by atoms with van der Waals surface area (Å²) in [7, 11) is 0. The van der Waals surface area contributed by atoms with Crippen LogP contribution in [0.2, 0.25) is 0 Å². The predicted molar refractivity (Wildman–Crippen MR) is 154 cm³/mol. The molecule has 2 aromatic heterocycles. The predicted octanol–water partition coefficient (Wildman–Crippen LogP) is 5.62. The van der Waals surface area contributed by atoms with Crippen LogP contribution in [0.3, 0.4) is 0 Å². The van der Waals surface area contributed by atoms with Gasteiger partial charge in [-0.1, -0.05) is 43.2 Å². The smallest absolute Gasteiger partial charge is 0.223 e. The Hall–Kier alpha value is -3.71. The number of rotatable bonds is 7. The lowest BCUT2D eigenvalue weighted by molar-refractivity contribution is 0.293. The molecule has 7 nitrogen and oxygen atoms in total. The summed E-state index contributed by atoms with van der Waals surface area (Å²) in [5.74, 6) is 0.725. The molecule has 7 heteroatoms. The van der Waals surface area contributed by atoms with Crippen molar-refractivity contribution < 1.29 is 0 Å². The molecule has 6 rings (SSSR count). The Labute approximate surface area is 225 Å². The second-order valence-corrected chi connectivity index (χ2v) is 10.6. The monoisotopic (exact) mass is 507 g/mol. The number of piperidine rings is 1. The van der Waals surface area contributed by atoms with E-state index in [4.69, 9.17) is 4.98 Å². The number of benzene rings is 2. The van der Waals surface area contributed by atoms with Gasteiger partial charge in [-0.15, -0.1) is 0 Å². The molecule has 0 radical (unpaired) electrons. The first-order valence-corrected chi connectivity index (χ1v) is 14.0. The molecule has 1 aliphatic heterocycles. The largest absolute Gasteiger partial charge is 0.370 e. The van der Waals surface area contributed by atoms with Gasteiger partial charge < -0.3 is 15.5 Å². The molecule has 3 heterocycles. The molecule has 2 aliphatic rings. The van der Waals surface area contributed by atoms with Crippen molar-refractivity contribution in [1.29, 1.82) is 0 Å². The van der Waals surface area contributed by atoms with Crippen LogP contribution in [-0.2, 0) is 0 Å². The minimum Gasteiger partial charge on any atom is -0.370 e. The van der Waals surface area contributed by atoms with Gasteiger partial charge >= 0.3 is 0 Å². The highest BCUT2D eigenvalue weighted by molar-refractivity contribution is 5.59. The van der Waals surface area contributed by atoms with Gasteiger partial charge in [-0.2, -0.15) is 5.10 Å². The van der Waals surface area contributed by atoms with E-state index in [2.05, 4.69) is 62.0 Å². The van der Waals surface area contributed by atoms with Crippen LogP contribution in [-0.4, -0.2) is 51.0 Å². The van der Waals surface area contributed by atoms with E-state index in [-0.39, 0.29) is 0 Å². The summed E-state index contributed by atoms with van der Waals surface area (Å²) in [6.07, 6.45) is 11.1. The molecule has 0 bridgehead atoms. The Morgan fingerprint density at radius 2 is 1.61 bits per heavy atom. The lowest BCUT2D eigenvalue weighted by Crippen LogP contribution is -2.55. The molecule has 196 valence electrons. The summed E-state index contributed by atoms with van der Waals surface area (Å²) in [4.78, 5) is 11.9. The molecular weight excluding hydrogens is 470 g/mol. The molecule has 0 spiro atoms. The quantitative estimate of drug-likeness (QED) is 0.338. The molecule has 1 saturated heterocycles. The number of anilines is 2. The molecule has 1 saturated carbocycles. The SMILES string of the molecule is Cc1ccn(-c2ccc(N3CCC[C@H](N[C@@H]4CCCC[C@H]4Nc4nccc(-c5ccccc5)n4)C3)cc2)n1. The fourth-order valence-corrected chi connectivity index (χ4v) is 5.89. The standard InChI is InChI=1S/C31H37N7/c1-23-18-21-38(36-23)27-15-13-26(14-16-27)37-20-7-10-25(22-37)33-29-11-5-6-12-30(29)35-31-32-19-17-28(34-31)24-8-3-2-4-9-24/h2-4,8-9,13-19,21,25,29-30,33H,5-7,10-12,20,22H2,1H3,(H,32,34,35)/t25-,29+,30+/m0/s1. The zero-order chi connectivity index (χ0) is 25.7. The van der Waals surface area contributed by atoms with Crippen LogP contribution in [0.1, 0.15) is 44.2 Å². The van der Waals surface area contributed by atoms with E-state index in [9.17, 15) is 0 Å². The molecule has 0 amide bonds. The summed E-state index contributed by atoms with van der Waals surface area (Å²) in [5, 5.41) is 12.3. The van der Waals surface area contributed by atoms with Crippen LogP contribution in [0.4, 0.5) is 11.6 Å². The normalized spacial score (nSPS) is 21.8. The maximum atomic E-state index is 4.84. The van der Waals surface area contributed by atoms with Crippen molar-refractivity contribution in [2.24, 2.45) is 0 Å². The van der Waals surface area contributed by atoms with Crippen molar-refractivity contribution in [3.8, 4) is 16.9 Å². The van der Waals surface area contributed by atoms with E-state index < -0.39 is 0 Å². The van der Waals surface area contributed by atoms with E-state index in [1.807, 2.05) is 54.3 Å². The van der Waals surface area contributed by atoms with E-state index in [0.29, 0.717) is 18.1 Å². The van der Waals surface area contributed by atoms with Crippen LogP contribution < -0.4 is 15.5 Å². The van der Waals surface area contributed by atoms with E-state index in [1.54, 1.807) is 0 Å². The summed E-state index contributed by atoms with van der Waals surface area (Å²) in [6, 6.07) is 24.4. The number of nitrogens with one attached hydrogen (secondary N) is 2. The van der Waals surface area contributed by atoms with Crippen molar-refractivity contribution in [1.82, 2.24) is 25.1 Å². The number of hydrogen-bond donors (Lipinski definition) is 2. The lowest BCUT2D eigenvalue weighted by Gasteiger charge is -2.40. The minimum absolute atomic E-state index is 0.335. The van der Waals surface area contributed by atoms with Crippen molar-refractivity contribution in [3.63, 3.8) is 0 Å². The van der Waals surface area contributed by atoms with Gasteiger partial charge in [0.15, 0.2) is 0 Å². The van der Waals surface area contributed by atoms with Crippen LogP contribution in [0, 0.1) is 6.92 Å². The maximum Gasteiger partial charge on any atom is 0.223 e. The lowest BCUT2D eigenvalue weighted by atomic mass is 9.89. The van der Waals surface area contributed by atoms with Gasteiger partial charge in [0.1, 0.15) is 0 Å². The Balaban J connectivity index is 1.10. The molecule has 2 fully saturated rings. The number of nitrogens with zero attached hydrogens (tertiary/aromatic N) is 5. The Kier molecular flexibility index (Phi) is 7.36. The summed E-state index contributed by atoms with van der Waals surface area (Å²) in [6.45, 7) is 4.15. The molecule has 0 unspecified atom stereocenters. The number of aromatic nitrogens is 4. The summed E-state index contributed by atoms with van der Waals surface area (Å²) in [5.41, 5.74) is 5.49. The van der Waals surface area contributed by atoms with Crippen LogP contribution in [0.15, 0.2) is 79.1 Å².